The standard InChI is InChI=1S/C11H8Cl2OS/c12-8-3-1-7(2-4-8)11(14)10-5-9(13)6-15-10/h1-6,11,14H. The molecule has 0 spiro atoms. The molecule has 2 aromatic rings. The van der Waals surface area contributed by atoms with Gasteiger partial charge in [-0.1, -0.05) is 35.3 Å². The molecule has 0 fully saturated rings. The van der Waals surface area contributed by atoms with Gasteiger partial charge in [-0.2, -0.15) is 0 Å². The first-order chi connectivity index (χ1) is 7.16. The fourth-order valence-corrected chi connectivity index (χ4v) is 2.50. The number of aliphatic hydroxyl groups is 1. The molecule has 1 aromatic heterocycles. The van der Waals surface area contributed by atoms with Crippen LogP contribution in [-0.2, 0) is 0 Å². The highest BCUT2D eigenvalue weighted by molar-refractivity contribution is 7.10. The highest BCUT2D eigenvalue weighted by Crippen LogP contribution is 2.30. The summed E-state index contributed by atoms with van der Waals surface area (Å²) in [5.41, 5.74) is 0.818. The Morgan fingerprint density at radius 1 is 1.07 bits per heavy atom. The molecule has 1 atom stereocenters. The van der Waals surface area contributed by atoms with Gasteiger partial charge < -0.3 is 5.11 Å². The monoisotopic (exact) mass is 258 g/mol. The molecule has 0 saturated carbocycles. The lowest BCUT2D eigenvalue weighted by molar-refractivity contribution is 0.224. The van der Waals surface area contributed by atoms with E-state index in [1.54, 1.807) is 35.7 Å². The zero-order chi connectivity index (χ0) is 10.8. The SMILES string of the molecule is OC(c1ccc(Cl)cc1)c1cc(Cl)cs1. The molecule has 0 bridgehead atoms. The van der Waals surface area contributed by atoms with Crippen molar-refractivity contribution < 1.29 is 5.11 Å². The molecule has 0 saturated heterocycles. The summed E-state index contributed by atoms with van der Waals surface area (Å²) in [4.78, 5) is 0.835. The second-order valence-electron chi connectivity index (χ2n) is 3.12. The van der Waals surface area contributed by atoms with E-state index in [1.165, 1.54) is 11.3 Å². The molecule has 0 aliphatic rings. The van der Waals surface area contributed by atoms with Crippen molar-refractivity contribution in [2.24, 2.45) is 0 Å². The molecule has 0 aliphatic heterocycles. The zero-order valence-electron chi connectivity index (χ0n) is 7.65. The molecule has 78 valence electrons. The summed E-state index contributed by atoms with van der Waals surface area (Å²) in [5, 5.41) is 13.1. The maximum Gasteiger partial charge on any atom is 0.113 e. The van der Waals surface area contributed by atoms with Crippen LogP contribution in [0, 0.1) is 0 Å². The van der Waals surface area contributed by atoms with Crippen molar-refractivity contribution in [2.75, 3.05) is 0 Å². The van der Waals surface area contributed by atoms with Gasteiger partial charge in [-0.05, 0) is 23.8 Å². The van der Waals surface area contributed by atoms with E-state index in [1.807, 2.05) is 0 Å². The lowest BCUT2D eigenvalue weighted by atomic mass is 10.1. The quantitative estimate of drug-likeness (QED) is 0.859. The minimum atomic E-state index is -0.625. The predicted molar refractivity (Wildman–Crippen MR) is 64.8 cm³/mol. The normalized spacial score (nSPS) is 12.7. The Bertz CT molecular complexity index is 450. The fraction of sp³-hybridized carbons (Fsp3) is 0.0909. The van der Waals surface area contributed by atoms with Gasteiger partial charge in [-0.25, -0.2) is 0 Å². The van der Waals surface area contributed by atoms with Gasteiger partial charge in [0.1, 0.15) is 6.10 Å². The summed E-state index contributed by atoms with van der Waals surface area (Å²) in [6, 6.07) is 8.90. The van der Waals surface area contributed by atoms with Gasteiger partial charge >= 0.3 is 0 Å². The van der Waals surface area contributed by atoms with E-state index in [0.29, 0.717) is 10.0 Å². The highest BCUT2D eigenvalue weighted by atomic mass is 35.5. The van der Waals surface area contributed by atoms with Gasteiger partial charge in [0, 0.05) is 15.3 Å². The topological polar surface area (TPSA) is 20.2 Å². The van der Waals surface area contributed by atoms with Crippen molar-refractivity contribution in [1.82, 2.24) is 0 Å². The first kappa shape index (κ1) is 11.0. The van der Waals surface area contributed by atoms with E-state index >= 15 is 0 Å². The molecule has 1 nitrogen and oxygen atoms in total. The van der Waals surface area contributed by atoms with Crippen molar-refractivity contribution in [3.8, 4) is 0 Å². The van der Waals surface area contributed by atoms with E-state index in [-0.39, 0.29) is 0 Å². The van der Waals surface area contributed by atoms with Crippen LogP contribution in [0.1, 0.15) is 16.5 Å². The minimum Gasteiger partial charge on any atom is -0.383 e. The summed E-state index contributed by atoms with van der Waals surface area (Å²) in [7, 11) is 0. The molecule has 0 aliphatic carbocycles. The molecule has 1 unspecified atom stereocenters. The maximum atomic E-state index is 10.0. The van der Waals surface area contributed by atoms with E-state index in [0.717, 1.165) is 10.4 Å². The number of thiophene rings is 1. The number of rotatable bonds is 2. The van der Waals surface area contributed by atoms with Crippen molar-refractivity contribution in [1.29, 1.82) is 0 Å². The second-order valence-corrected chi connectivity index (χ2v) is 4.94. The van der Waals surface area contributed by atoms with Crippen molar-refractivity contribution in [3.05, 3.63) is 56.2 Å². The number of benzene rings is 1. The van der Waals surface area contributed by atoms with Crippen LogP contribution in [0.3, 0.4) is 0 Å². The zero-order valence-corrected chi connectivity index (χ0v) is 9.98. The molecular formula is C11H8Cl2OS. The number of halogens is 2. The molecule has 15 heavy (non-hydrogen) atoms. The van der Waals surface area contributed by atoms with Crippen LogP contribution in [0.15, 0.2) is 35.7 Å². The molecule has 1 aromatic carbocycles. The summed E-state index contributed by atoms with van der Waals surface area (Å²) >= 11 is 13.0. The predicted octanol–water partition coefficient (Wildman–Crippen LogP) is 4.14. The summed E-state index contributed by atoms with van der Waals surface area (Å²) in [6.07, 6.45) is -0.625. The Hall–Kier alpha value is -0.540. The highest BCUT2D eigenvalue weighted by Gasteiger charge is 2.12. The average molecular weight is 259 g/mol. The Morgan fingerprint density at radius 3 is 2.27 bits per heavy atom. The van der Waals surface area contributed by atoms with Crippen LogP contribution in [0.5, 0.6) is 0 Å². The number of aliphatic hydroxyl groups excluding tert-OH is 1. The van der Waals surface area contributed by atoms with Crippen LogP contribution in [0.25, 0.3) is 0 Å². The van der Waals surface area contributed by atoms with Gasteiger partial charge in [-0.3, -0.25) is 0 Å². The van der Waals surface area contributed by atoms with E-state index in [9.17, 15) is 5.11 Å². The van der Waals surface area contributed by atoms with Gasteiger partial charge in [-0.15, -0.1) is 11.3 Å². The molecule has 0 amide bonds. The van der Waals surface area contributed by atoms with E-state index in [2.05, 4.69) is 0 Å². The van der Waals surface area contributed by atoms with Crippen LogP contribution in [0.4, 0.5) is 0 Å². The molecule has 0 radical (unpaired) electrons. The number of hydrogen-bond acceptors (Lipinski definition) is 2. The molecule has 4 heteroatoms. The van der Waals surface area contributed by atoms with Crippen LogP contribution < -0.4 is 0 Å². The summed E-state index contributed by atoms with van der Waals surface area (Å²) in [6.45, 7) is 0. The molecule has 1 N–H and O–H groups in total. The fourth-order valence-electron chi connectivity index (χ4n) is 1.28. The van der Waals surface area contributed by atoms with Crippen LogP contribution in [-0.4, -0.2) is 5.11 Å². The second kappa shape index (κ2) is 4.54. The molecule has 1 heterocycles. The number of hydrogen-bond donors (Lipinski definition) is 1. The first-order valence-electron chi connectivity index (χ1n) is 4.34. The lowest BCUT2D eigenvalue weighted by Gasteiger charge is -2.08. The first-order valence-corrected chi connectivity index (χ1v) is 5.98. The van der Waals surface area contributed by atoms with Crippen molar-refractivity contribution >= 4 is 34.5 Å². The Balaban J connectivity index is 2.28. The summed E-state index contributed by atoms with van der Waals surface area (Å²) in [5.74, 6) is 0. The van der Waals surface area contributed by atoms with Crippen LogP contribution in [0.2, 0.25) is 10.0 Å². The van der Waals surface area contributed by atoms with Crippen LogP contribution >= 0.6 is 34.5 Å². The van der Waals surface area contributed by atoms with E-state index in [4.69, 9.17) is 23.2 Å². The third-order valence-corrected chi connectivity index (χ3v) is 3.63. The summed E-state index contributed by atoms with van der Waals surface area (Å²) < 4.78 is 0. The molecule has 2 rings (SSSR count). The van der Waals surface area contributed by atoms with Gasteiger partial charge in [0.2, 0.25) is 0 Å². The Labute approximate surface area is 102 Å². The third kappa shape index (κ3) is 2.52. The largest absolute Gasteiger partial charge is 0.383 e. The van der Waals surface area contributed by atoms with Gasteiger partial charge in [0.05, 0.1) is 5.02 Å². The third-order valence-electron chi connectivity index (χ3n) is 2.04. The maximum absolute atomic E-state index is 10.0. The average Bonchev–Trinajstić information content (AvgIpc) is 2.65. The van der Waals surface area contributed by atoms with Gasteiger partial charge in [0.25, 0.3) is 0 Å². The smallest absolute Gasteiger partial charge is 0.113 e. The van der Waals surface area contributed by atoms with Crippen molar-refractivity contribution in [2.45, 2.75) is 6.10 Å². The van der Waals surface area contributed by atoms with Crippen molar-refractivity contribution in [3.63, 3.8) is 0 Å². The van der Waals surface area contributed by atoms with Gasteiger partial charge in [0.15, 0.2) is 0 Å². The molecular weight excluding hydrogens is 251 g/mol. The Morgan fingerprint density at radius 2 is 1.73 bits per heavy atom. The van der Waals surface area contributed by atoms with E-state index < -0.39 is 6.10 Å². The minimum absolute atomic E-state index is 0.625. The Kier molecular flexibility index (Phi) is 3.32. The lowest BCUT2D eigenvalue weighted by Crippen LogP contribution is -1.95.